The highest BCUT2D eigenvalue weighted by Gasteiger charge is 2.20. The van der Waals surface area contributed by atoms with Gasteiger partial charge in [0.25, 0.3) is 0 Å². The van der Waals surface area contributed by atoms with Crippen molar-refractivity contribution in [3.05, 3.63) is 28.5 Å². The van der Waals surface area contributed by atoms with E-state index in [1.54, 1.807) is 0 Å². The van der Waals surface area contributed by atoms with Crippen molar-refractivity contribution in [1.82, 2.24) is 5.32 Å². The second kappa shape index (κ2) is 4.49. The minimum Gasteiger partial charge on any atom is -0.364 e. The molecule has 0 saturated carbocycles. The number of hydrogen-bond acceptors (Lipinski definition) is 2. The van der Waals surface area contributed by atoms with Crippen LogP contribution in [0, 0.1) is 5.82 Å². The first-order valence-corrected chi connectivity index (χ1v) is 5.90. The minimum absolute atomic E-state index is 0.155. The van der Waals surface area contributed by atoms with Crippen molar-refractivity contribution in [2.75, 3.05) is 24.5 Å². The number of piperazine rings is 1. The summed E-state index contributed by atoms with van der Waals surface area (Å²) in [5.41, 5.74) is 0.701. The summed E-state index contributed by atoms with van der Waals surface area (Å²) in [5, 5.41) is 3.29. The Hall–Kier alpha value is -0.610. The van der Waals surface area contributed by atoms with Gasteiger partial charge in [0.15, 0.2) is 0 Å². The molecule has 1 atom stereocenters. The van der Waals surface area contributed by atoms with E-state index in [0.717, 1.165) is 24.1 Å². The van der Waals surface area contributed by atoms with E-state index < -0.39 is 0 Å². The molecule has 1 saturated heterocycles. The molecule has 15 heavy (non-hydrogen) atoms. The predicted octanol–water partition coefficient (Wildman–Crippen LogP) is 2.39. The predicted molar refractivity (Wildman–Crippen MR) is 63.8 cm³/mol. The van der Waals surface area contributed by atoms with Crippen LogP contribution >= 0.6 is 15.9 Å². The van der Waals surface area contributed by atoms with Crippen molar-refractivity contribution < 1.29 is 4.39 Å². The first-order valence-electron chi connectivity index (χ1n) is 5.11. The van der Waals surface area contributed by atoms with Gasteiger partial charge < -0.3 is 10.2 Å². The van der Waals surface area contributed by atoms with Gasteiger partial charge in [0, 0.05) is 30.1 Å². The molecule has 82 valence electrons. The van der Waals surface area contributed by atoms with Gasteiger partial charge in [-0.15, -0.1) is 0 Å². The third-order valence-corrected chi connectivity index (χ3v) is 3.21. The van der Waals surface area contributed by atoms with Crippen LogP contribution in [0.3, 0.4) is 0 Å². The van der Waals surface area contributed by atoms with Crippen molar-refractivity contribution in [3.8, 4) is 0 Å². The highest BCUT2D eigenvalue weighted by molar-refractivity contribution is 9.10. The van der Waals surface area contributed by atoms with Crippen molar-refractivity contribution in [3.63, 3.8) is 0 Å². The van der Waals surface area contributed by atoms with Crippen LogP contribution in [-0.2, 0) is 0 Å². The molecule has 2 rings (SSSR count). The van der Waals surface area contributed by atoms with Crippen LogP contribution in [0.4, 0.5) is 10.1 Å². The summed E-state index contributed by atoms with van der Waals surface area (Å²) in [6.45, 7) is 4.79. The molecule has 1 unspecified atom stereocenters. The molecule has 1 N–H and O–H groups in total. The van der Waals surface area contributed by atoms with Gasteiger partial charge in [-0.1, -0.05) is 15.9 Å². The van der Waals surface area contributed by atoms with Crippen molar-refractivity contribution in [1.29, 1.82) is 0 Å². The number of nitrogens with zero attached hydrogens (tertiary/aromatic N) is 1. The number of nitrogens with one attached hydrogen (secondary N) is 1. The monoisotopic (exact) mass is 272 g/mol. The first kappa shape index (κ1) is 10.9. The molecule has 1 aliphatic heterocycles. The van der Waals surface area contributed by atoms with Crippen LogP contribution in [0.1, 0.15) is 6.92 Å². The van der Waals surface area contributed by atoms with E-state index in [0.29, 0.717) is 11.7 Å². The topological polar surface area (TPSA) is 15.3 Å². The molecule has 4 heteroatoms. The van der Waals surface area contributed by atoms with Gasteiger partial charge in [-0.3, -0.25) is 0 Å². The fourth-order valence-corrected chi connectivity index (χ4v) is 2.25. The lowest BCUT2D eigenvalue weighted by molar-refractivity contribution is 0.491. The molecule has 1 fully saturated rings. The van der Waals surface area contributed by atoms with Crippen molar-refractivity contribution in [2.45, 2.75) is 13.0 Å². The zero-order chi connectivity index (χ0) is 10.8. The number of halogens is 2. The number of hydrogen-bond donors (Lipinski definition) is 1. The largest absolute Gasteiger partial charge is 0.364 e. The molecule has 0 spiro atoms. The normalized spacial score (nSPS) is 21.8. The molecule has 0 amide bonds. The zero-order valence-corrected chi connectivity index (χ0v) is 10.2. The molecule has 1 aliphatic rings. The standard InChI is InChI=1S/C11H14BrFN2/c1-8-7-14-4-5-15(8)11-3-2-9(12)6-10(11)13/h2-3,6,8,14H,4-5,7H2,1H3. The molecule has 1 aromatic rings. The van der Waals surface area contributed by atoms with E-state index in [1.807, 2.05) is 12.1 Å². The smallest absolute Gasteiger partial charge is 0.147 e. The van der Waals surface area contributed by atoms with Crippen LogP contribution in [0.2, 0.25) is 0 Å². The summed E-state index contributed by atoms with van der Waals surface area (Å²) in [6, 6.07) is 5.58. The SMILES string of the molecule is CC1CNCCN1c1ccc(Br)cc1F. The van der Waals surface area contributed by atoms with Crippen LogP contribution in [-0.4, -0.2) is 25.7 Å². The summed E-state index contributed by atoms with van der Waals surface area (Å²) in [4.78, 5) is 2.11. The van der Waals surface area contributed by atoms with E-state index in [1.165, 1.54) is 6.07 Å². The molecule has 0 aromatic heterocycles. The van der Waals surface area contributed by atoms with Gasteiger partial charge in [-0.25, -0.2) is 4.39 Å². The summed E-state index contributed by atoms with van der Waals surface area (Å²) >= 11 is 3.26. The molecule has 0 radical (unpaired) electrons. The van der Waals surface area contributed by atoms with Crippen LogP contribution in [0.5, 0.6) is 0 Å². The lowest BCUT2D eigenvalue weighted by atomic mass is 10.1. The van der Waals surface area contributed by atoms with E-state index in [9.17, 15) is 4.39 Å². The van der Waals surface area contributed by atoms with Gasteiger partial charge in [-0.2, -0.15) is 0 Å². The van der Waals surface area contributed by atoms with Gasteiger partial charge >= 0.3 is 0 Å². The Labute approximate surface area is 97.6 Å². The lowest BCUT2D eigenvalue weighted by Gasteiger charge is -2.36. The van der Waals surface area contributed by atoms with E-state index in [2.05, 4.69) is 33.1 Å². The lowest BCUT2D eigenvalue weighted by Crippen LogP contribution is -2.50. The quantitative estimate of drug-likeness (QED) is 0.845. The van der Waals surface area contributed by atoms with Crippen LogP contribution in [0.15, 0.2) is 22.7 Å². The zero-order valence-electron chi connectivity index (χ0n) is 8.63. The maximum Gasteiger partial charge on any atom is 0.147 e. The van der Waals surface area contributed by atoms with Crippen LogP contribution < -0.4 is 10.2 Å². The average molecular weight is 273 g/mol. The van der Waals surface area contributed by atoms with Gasteiger partial charge in [0.2, 0.25) is 0 Å². The fraction of sp³-hybridized carbons (Fsp3) is 0.455. The molecular formula is C11H14BrFN2. The molecule has 2 nitrogen and oxygen atoms in total. The molecule has 1 aromatic carbocycles. The maximum atomic E-state index is 13.7. The van der Waals surface area contributed by atoms with Gasteiger partial charge in [0.1, 0.15) is 5.82 Å². The Balaban J connectivity index is 2.27. The second-order valence-corrected chi connectivity index (χ2v) is 4.76. The summed E-state index contributed by atoms with van der Waals surface area (Å²) in [5.74, 6) is -0.155. The van der Waals surface area contributed by atoms with Gasteiger partial charge in [0.05, 0.1) is 5.69 Å². The van der Waals surface area contributed by atoms with Crippen molar-refractivity contribution in [2.24, 2.45) is 0 Å². The number of rotatable bonds is 1. The minimum atomic E-state index is -0.155. The summed E-state index contributed by atoms with van der Waals surface area (Å²) < 4.78 is 14.5. The van der Waals surface area contributed by atoms with E-state index in [4.69, 9.17) is 0 Å². The Morgan fingerprint density at radius 2 is 2.33 bits per heavy atom. The molecule has 1 heterocycles. The van der Waals surface area contributed by atoms with Crippen LogP contribution in [0.25, 0.3) is 0 Å². The van der Waals surface area contributed by atoms with Gasteiger partial charge in [-0.05, 0) is 25.1 Å². The molecule has 0 aliphatic carbocycles. The summed E-state index contributed by atoms with van der Waals surface area (Å²) in [6.07, 6.45) is 0. The fourth-order valence-electron chi connectivity index (χ4n) is 1.91. The highest BCUT2D eigenvalue weighted by Crippen LogP contribution is 2.25. The third-order valence-electron chi connectivity index (χ3n) is 2.72. The number of anilines is 1. The third kappa shape index (κ3) is 2.32. The molecule has 0 bridgehead atoms. The Morgan fingerprint density at radius 3 is 3.00 bits per heavy atom. The maximum absolute atomic E-state index is 13.7. The Morgan fingerprint density at radius 1 is 1.53 bits per heavy atom. The van der Waals surface area contributed by atoms with Crippen molar-refractivity contribution >= 4 is 21.6 Å². The average Bonchev–Trinajstić information content (AvgIpc) is 2.20. The second-order valence-electron chi connectivity index (χ2n) is 3.84. The Kier molecular flexibility index (Phi) is 3.26. The molecular weight excluding hydrogens is 259 g/mol. The first-order chi connectivity index (χ1) is 7.18. The van der Waals surface area contributed by atoms with E-state index >= 15 is 0 Å². The Bertz CT molecular complexity index is 356. The number of benzene rings is 1. The van der Waals surface area contributed by atoms with E-state index in [-0.39, 0.29) is 5.82 Å². The summed E-state index contributed by atoms with van der Waals surface area (Å²) in [7, 11) is 0. The highest BCUT2D eigenvalue weighted by atomic mass is 79.9.